The summed E-state index contributed by atoms with van der Waals surface area (Å²) in [6.07, 6.45) is 7.94. The highest BCUT2D eigenvalue weighted by molar-refractivity contribution is 7.99. The summed E-state index contributed by atoms with van der Waals surface area (Å²) in [7, 11) is 0. The largest absolute Gasteiger partial charge is 0.337 e. The van der Waals surface area contributed by atoms with Crippen LogP contribution in [0.3, 0.4) is 0 Å². The number of carbonyl (C=O) groups excluding carboxylic acids is 1. The molecule has 0 atom stereocenters. The van der Waals surface area contributed by atoms with Crippen LogP contribution in [0.4, 0.5) is 0 Å². The van der Waals surface area contributed by atoms with Gasteiger partial charge < -0.3 is 5.32 Å². The molecule has 5 nitrogen and oxygen atoms in total. The van der Waals surface area contributed by atoms with Crippen molar-refractivity contribution in [1.29, 1.82) is 5.26 Å². The van der Waals surface area contributed by atoms with Gasteiger partial charge in [-0.15, -0.1) is 0 Å². The first-order chi connectivity index (χ1) is 9.24. The molecule has 0 radical (unpaired) electrons. The summed E-state index contributed by atoms with van der Waals surface area (Å²) in [5.41, 5.74) is -0.659. The molecule has 0 aromatic carbocycles. The summed E-state index contributed by atoms with van der Waals surface area (Å²) in [6.45, 7) is 0. The number of thioether (sulfide) groups is 1. The summed E-state index contributed by atoms with van der Waals surface area (Å²) in [5.74, 6) is 0.119. The summed E-state index contributed by atoms with van der Waals surface area (Å²) in [4.78, 5) is 20.0. The fraction of sp³-hybridized carbons (Fsp3) is 0.538. The number of nitrogens with zero attached hydrogens (tertiary/aromatic N) is 3. The number of nitrogens with one attached hydrogen (secondary N) is 1. The Bertz CT molecular complexity index is 465. The highest BCUT2D eigenvalue weighted by atomic mass is 32.2. The van der Waals surface area contributed by atoms with E-state index in [9.17, 15) is 10.1 Å². The van der Waals surface area contributed by atoms with Crippen molar-refractivity contribution in [2.75, 3.05) is 5.75 Å². The van der Waals surface area contributed by atoms with Crippen molar-refractivity contribution in [2.45, 2.75) is 42.8 Å². The van der Waals surface area contributed by atoms with E-state index in [4.69, 9.17) is 0 Å². The molecule has 2 rings (SSSR count). The van der Waals surface area contributed by atoms with E-state index >= 15 is 0 Å². The number of carbonyl (C=O) groups is 1. The first kappa shape index (κ1) is 13.8. The minimum absolute atomic E-state index is 0.124. The Balaban J connectivity index is 1.85. The van der Waals surface area contributed by atoms with Gasteiger partial charge in [-0.05, 0) is 18.9 Å². The maximum Gasteiger partial charge on any atom is 0.231 e. The quantitative estimate of drug-likeness (QED) is 0.671. The smallest absolute Gasteiger partial charge is 0.231 e. The molecule has 0 aliphatic heterocycles. The van der Waals surface area contributed by atoms with Gasteiger partial charge in [-0.3, -0.25) is 4.79 Å². The van der Waals surface area contributed by atoms with Crippen LogP contribution in [0.1, 0.15) is 32.1 Å². The van der Waals surface area contributed by atoms with Crippen LogP contribution < -0.4 is 5.32 Å². The molecule has 1 heterocycles. The zero-order chi connectivity index (χ0) is 13.6. The number of aromatic nitrogens is 2. The van der Waals surface area contributed by atoms with Crippen LogP contribution in [0.15, 0.2) is 23.6 Å². The molecule has 0 spiro atoms. The molecule has 19 heavy (non-hydrogen) atoms. The number of hydrogen-bond acceptors (Lipinski definition) is 5. The van der Waals surface area contributed by atoms with Crippen LogP contribution in [0.2, 0.25) is 0 Å². The SMILES string of the molecule is N#CC1(NC(=O)CSc2ncccn2)CCCCC1. The number of rotatable bonds is 4. The van der Waals surface area contributed by atoms with Crippen LogP contribution in [-0.4, -0.2) is 27.2 Å². The molecule has 1 aliphatic carbocycles. The Hall–Kier alpha value is -1.61. The molecule has 1 aromatic heterocycles. The van der Waals surface area contributed by atoms with Crippen molar-refractivity contribution in [3.05, 3.63) is 18.5 Å². The fourth-order valence-corrected chi connectivity index (χ4v) is 2.82. The third-order valence-corrected chi connectivity index (χ3v) is 4.05. The lowest BCUT2D eigenvalue weighted by Gasteiger charge is -2.31. The van der Waals surface area contributed by atoms with Crippen LogP contribution in [-0.2, 0) is 4.79 Å². The standard InChI is InChI=1S/C13H16N4OS/c14-10-13(5-2-1-3-6-13)17-11(18)9-19-12-15-7-4-8-16-12/h4,7-8H,1-3,5-6,9H2,(H,17,18). The molecular formula is C13H16N4OS. The van der Waals surface area contributed by atoms with E-state index in [1.54, 1.807) is 18.5 Å². The number of nitriles is 1. The van der Waals surface area contributed by atoms with Gasteiger partial charge in [0, 0.05) is 12.4 Å². The fourth-order valence-electron chi connectivity index (χ4n) is 2.21. The van der Waals surface area contributed by atoms with Gasteiger partial charge in [-0.2, -0.15) is 5.26 Å². The van der Waals surface area contributed by atoms with Gasteiger partial charge in [-0.1, -0.05) is 31.0 Å². The van der Waals surface area contributed by atoms with Crippen molar-refractivity contribution in [3.8, 4) is 6.07 Å². The third-order valence-electron chi connectivity index (χ3n) is 3.17. The van der Waals surface area contributed by atoms with Gasteiger partial charge >= 0.3 is 0 Å². The lowest BCUT2D eigenvalue weighted by atomic mass is 9.83. The van der Waals surface area contributed by atoms with E-state index in [2.05, 4.69) is 21.4 Å². The zero-order valence-electron chi connectivity index (χ0n) is 10.6. The van der Waals surface area contributed by atoms with Crippen molar-refractivity contribution < 1.29 is 4.79 Å². The Morgan fingerprint density at radius 1 is 1.37 bits per heavy atom. The van der Waals surface area contributed by atoms with Crippen LogP contribution in [0, 0.1) is 11.3 Å². The zero-order valence-corrected chi connectivity index (χ0v) is 11.4. The monoisotopic (exact) mass is 276 g/mol. The van der Waals surface area contributed by atoms with Crippen molar-refractivity contribution in [1.82, 2.24) is 15.3 Å². The van der Waals surface area contributed by atoms with Crippen LogP contribution in [0.5, 0.6) is 0 Å². The van der Waals surface area contributed by atoms with Crippen molar-refractivity contribution in [3.63, 3.8) is 0 Å². The van der Waals surface area contributed by atoms with Gasteiger partial charge in [0.1, 0.15) is 5.54 Å². The summed E-state index contributed by atoms with van der Waals surface area (Å²) < 4.78 is 0. The Kier molecular flexibility index (Phi) is 4.74. The van der Waals surface area contributed by atoms with Crippen molar-refractivity contribution >= 4 is 17.7 Å². The molecule has 100 valence electrons. The predicted molar refractivity (Wildman–Crippen MR) is 72.3 cm³/mol. The van der Waals surface area contributed by atoms with Gasteiger partial charge in [0.25, 0.3) is 0 Å². The molecule has 1 amide bonds. The molecule has 6 heteroatoms. The van der Waals surface area contributed by atoms with E-state index in [0.29, 0.717) is 5.16 Å². The topological polar surface area (TPSA) is 78.7 Å². The van der Waals surface area contributed by atoms with E-state index in [1.807, 2.05) is 0 Å². The van der Waals surface area contributed by atoms with E-state index in [-0.39, 0.29) is 11.7 Å². The van der Waals surface area contributed by atoms with Crippen LogP contribution in [0.25, 0.3) is 0 Å². The van der Waals surface area contributed by atoms with Gasteiger partial charge in [0.15, 0.2) is 5.16 Å². The van der Waals surface area contributed by atoms with Crippen LogP contribution >= 0.6 is 11.8 Å². The summed E-state index contributed by atoms with van der Waals surface area (Å²) in [6, 6.07) is 4.01. The lowest BCUT2D eigenvalue weighted by molar-refractivity contribution is -0.120. The Morgan fingerprint density at radius 2 is 2.05 bits per heavy atom. The maximum atomic E-state index is 11.9. The second kappa shape index (κ2) is 6.53. The molecule has 1 saturated carbocycles. The highest BCUT2D eigenvalue weighted by Gasteiger charge is 2.33. The highest BCUT2D eigenvalue weighted by Crippen LogP contribution is 2.27. The molecule has 1 aromatic rings. The first-order valence-corrected chi connectivity index (χ1v) is 7.35. The number of amides is 1. The molecule has 0 unspecified atom stereocenters. The lowest BCUT2D eigenvalue weighted by Crippen LogP contribution is -2.49. The molecule has 1 N–H and O–H groups in total. The third kappa shape index (κ3) is 3.93. The van der Waals surface area contributed by atoms with E-state index < -0.39 is 5.54 Å². The minimum atomic E-state index is -0.659. The molecular weight excluding hydrogens is 260 g/mol. The normalized spacial score (nSPS) is 17.4. The molecule has 1 fully saturated rings. The van der Waals surface area contributed by atoms with E-state index in [0.717, 1.165) is 32.1 Å². The van der Waals surface area contributed by atoms with Gasteiger partial charge in [0.2, 0.25) is 5.91 Å². The Labute approximate surface area is 116 Å². The Morgan fingerprint density at radius 3 is 2.68 bits per heavy atom. The molecule has 0 saturated heterocycles. The van der Waals surface area contributed by atoms with E-state index in [1.165, 1.54) is 11.8 Å². The first-order valence-electron chi connectivity index (χ1n) is 6.36. The maximum absolute atomic E-state index is 11.9. The second-order valence-electron chi connectivity index (χ2n) is 4.62. The predicted octanol–water partition coefficient (Wildman–Crippen LogP) is 1.91. The summed E-state index contributed by atoms with van der Waals surface area (Å²) >= 11 is 1.28. The minimum Gasteiger partial charge on any atom is -0.337 e. The van der Waals surface area contributed by atoms with Gasteiger partial charge in [0.05, 0.1) is 11.8 Å². The summed E-state index contributed by atoms with van der Waals surface area (Å²) in [5, 5.41) is 12.7. The number of hydrogen-bond donors (Lipinski definition) is 1. The van der Waals surface area contributed by atoms with Gasteiger partial charge in [-0.25, -0.2) is 9.97 Å². The second-order valence-corrected chi connectivity index (χ2v) is 5.57. The average molecular weight is 276 g/mol. The average Bonchev–Trinajstić information content (AvgIpc) is 2.47. The molecule has 1 aliphatic rings. The molecule has 0 bridgehead atoms. The van der Waals surface area contributed by atoms with Crippen molar-refractivity contribution in [2.24, 2.45) is 0 Å².